The number of imidazole rings is 1. The van der Waals surface area contributed by atoms with Gasteiger partial charge in [-0.25, -0.2) is 24.9 Å². The molecule has 152 valence electrons. The number of urea groups is 1. The van der Waals surface area contributed by atoms with Gasteiger partial charge in [0.2, 0.25) is 0 Å². The SMILES string of the molecule is O=C(Nn1cnc2ccccc21)N1CCN(Cc2nc3ccccc3c(=O)[nH]2)CC1. The number of fused-ring (bicyclic) bond motifs is 2. The second-order valence-electron chi connectivity index (χ2n) is 7.31. The molecule has 9 nitrogen and oxygen atoms in total. The summed E-state index contributed by atoms with van der Waals surface area (Å²) < 4.78 is 1.65. The first-order valence-electron chi connectivity index (χ1n) is 9.86. The number of benzene rings is 2. The fourth-order valence-electron chi connectivity index (χ4n) is 3.75. The lowest BCUT2D eigenvalue weighted by Gasteiger charge is -2.34. The van der Waals surface area contributed by atoms with E-state index >= 15 is 0 Å². The van der Waals surface area contributed by atoms with E-state index in [1.807, 2.05) is 42.5 Å². The molecule has 0 aliphatic carbocycles. The number of hydrogen-bond acceptors (Lipinski definition) is 5. The summed E-state index contributed by atoms with van der Waals surface area (Å²) in [6.45, 7) is 3.14. The highest BCUT2D eigenvalue weighted by atomic mass is 16.2. The van der Waals surface area contributed by atoms with E-state index < -0.39 is 0 Å². The zero-order chi connectivity index (χ0) is 20.5. The number of amides is 2. The third-order valence-corrected chi connectivity index (χ3v) is 5.36. The van der Waals surface area contributed by atoms with Gasteiger partial charge in [-0.05, 0) is 24.3 Å². The summed E-state index contributed by atoms with van der Waals surface area (Å²) in [7, 11) is 0. The van der Waals surface area contributed by atoms with Gasteiger partial charge in [-0.2, -0.15) is 0 Å². The third kappa shape index (κ3) is 3.50. The largest absolute Gasteiger partial charge is 0.336 e. The molecule has 1 aliphatic heterocycles. The topological polar surface area (TPSA) is 99.2 Å². The lowest BCUT2D eigenvalue weighted by atomic mass is 10.2. The van der Waals surface area contributed by atoms with Crippen molar-refractivity contribution in [2.24, 2.45) is 0 Å². The number of para-hydroxylation sites is 3. The van der Waals surface area contributed by atoms with Crippen LogP contribution in [-0.2, 0) is 6.54 Å². The molecule has 2 amide bonds. The Balaban J connectivity index is 1.21. The van der Waals surface area contributed by atoms with Crippen LogP contribution in [0.4, 0.5) is 4.79 Å². The maximum absolute atomic E-state index is 12.7. The van der Waals surface area contributed by atoms with E-state index in [9.17, 15) is 9.59 Å². The molecular weight excluding hydrogens is 382 g/mol. The van der Waals surface area contributed by atoms with Crippen molar-refractivity contribution in [3.63, 3.8) is 0 Å². The van der Waals surface area contributed by atoms with Crippen molar-refractivity contribution < 1.29 is 4.79 Å². The molecule has 2 aromatic heterocycles. The van der Waals surface area contributed by atoms with Crippen LogP contribution in [0.3, 0.4) is 0 Å². The molecule has 4 aromatic rings. The van der Waals surface area contributed by atoms with Crippen LogP contribution in [-0.4, -0.2) is 61.6 Å². The van der Waals surface area contributed by atoms with Gasteiger partial charge in [0.25, 0.3) is 5.56 Å². The van der Waals surface area contributed by atoms with Crippen LogP contribution in [0.15, 0.2) is 59.7 Å². The number of hydrogen-bond donors (Lipinski definition) is 2. The minimum absolute atomic E-state index is 0.124. The van der Waals surface area contributed by atoms with Gasteiger partial charge in [0, 0.05) is 26.2 Å². The molecule has 2 aromatic carbocycles. The number of carbonyl (C=O) groups is 1. The van der Waals surface area contributed by atoms with E-state index in [2.05, 4.69) is 25.3 Å². The van der Waals surface area contributed by atoms with Crippen LogP contribution in [0.1, 0.15) is 5.82 Å². The highest BCUT2D eigenvalue weighted by Crippen LogP contribution is 2.12. The quantitative estimate of drug-likeness (QED) is 0.543. The Morgan fingerprint density at radius 3 is 2.57 bits per heavy atom. The van der Waals surface area contributed by atoms with E-state index in [0.717, 1.165) is 11.0 Å². The molecule has 0 spiro atoms. The maximum atomic E-state index is 12.7. The molecule has 9 heteroatoms. The summed E-state index contributed by atoms with van der Waals surface area (Å²) in [6, 6.07) is 14.8. The molecule has 1 aliphatic rings. The fourth-order valence-corrected chi connectivity index (χ4v) is 3.75. The maximum Gasteiger partial charge on any atom is 0.336 e. The smallest absolute Gasteiger partial charge is 0.321 e. The van der Waals surface area contributed by atoms with E-state index in [0.29, 0.717) is 49.5 Å². The molecular formula is C21H21N7O2. The first-order valence-corrected chi connectivity index (χ1v) is 9.86. The first kappa shape index (κ1) is 18.3. The predicted octanol–water partition coefficient (Wildman–Crippen LogP) is 1.75. The standard InChI is InChI=1S/C21H21N7O2/c29-20-15-5-1-2-6-16(15)23-19(24-20)13-26-9-11-27(12-10-26)21(30)25-28-14-22-17-7-3-4-8-18(17)28/h1-8,14H,9-13H2,(H,25,30)(H,23,24,29). The number of H-pyrrole nitrogens is 1. The normalized spacial score (nSPS) is 15.0. The fraction of sp³-hybridized carbons (Fsp3) is 0.238. The summed E-state index contributed by atoms with van der Waals surface area (Å²) in [5.41, 5.74) is 5.15. The van der Waals surface area contributed by atoms with E-state index in [1.165, 1.54) is 0 Å². The average molecular weight is 403 g/mol. The van der Waals surface area contributed by atoms with Gasteiger partial charge < -0.3 is 9.88 Å². The predicted molar refractivity (Wildman–Crippen MR) is 114 cm³/mol. The Bertz CT molecular complexity index is 1270. The number of piperazine rings is 1. The van der Waals surface area contributed by atoms with Gasteiger partial charge in [-0.15, -0.1) is 0 Å². The highest BCUT2D eigenvalue weighted by molar-refractivity contribution is 5.85. The van der Waals surface area contributed by atoms with Gasteiger partial charge in [-0.1, -0.05) is 24.3 Å². The van der Waals surface area contributed by atoms with Crippen LogP contribution in [0.5, 0.6) is 0 Å². The Kier molecular flexibility index (Phi) is 4.64. The second-order valence-corrected chi connectivity index (χ2v) is 7.31. The van der Waals surface area contributed by atoms with Crippen molar-refractivity contribution in [3.8, 4) is 0 Å². The number of carbonyl (C=O) groups excluding carboxylic acids is 1. The molecule has 3 heterocycles. The molecule has 0 bridgehead atoms. The van der Waals surface area contributed by atoms with Crippen LogP contribution in [0, 0.1) is 0 Å². The highest BCUT2D eigenvalue weighted by Gasteiger charge is 2.22. The number of nitrogens with zero attached hydrogens (tertiary/aromatic N) is 5. The van der Waals surface area contributed by atoms with Crippen molar-refractivity contribution in [1.82, 2.24) is 29.4 Å². The monoisotopic (exact) mass is 403 g/mol. The van der Waals surface area contributed by atoms with Crippen molar-refractivity contribution in [1.29, 1.82) is 0 Å². The zero-order valence-corrected chi connectivity index (χ0v) is 16.3. The van der Waals surface area contributed by atoms with Crippen LogP contribution < -0.4 is 11.0 Å². The van der Waals surface area contributed by atoms with Crippen LogP contribution in [0.2, 0.25) is 0 Å². The van der Waals surface area contributed by atoms with Crippen molar-refractivity contribution in [2.45, 2.75) is 6.54 Å². The van der Waals surface area contributed by atoms with Crippen LogP contribution in [0.25, 0.3) is 21.9 Å². The van der Waals surface area contributed by atoms with Gasteiger partial charge in [0.1, 0.15) is 12.2 Å². The summed E-state index contributed by atoms with van der Waals surface area (Å²) in [4.78, 5) is 40.6. The van der Waals surface area contributed by atoms with Crippen molar-refractivity contribution >= 4 is 28.0 Å². The summed E-state index contributed by atoms with van der Waals surface area (Å²) in [5, 5.41) is 0.592. The van der Waals surface area contributed by atoms with Gasteiger partial charge in [0.15, 0.2) is 0 Å². The number of aromatic amines is 1. The average Bonchev–Trinajstić information content (AvgIpc) is 3.17. The Hall–Kier alpha value is -3.72. The third-order valence-electron chi connectivity index (χ3n) is 5.36. The van der Waals surface area contributed by atoms with E-state index in [4.69, 9.17) is 0 Å². The first-order chi connectivity index (χ1) is 14.7. The van der Waals surface area contributed by atoms with E-state index in [1.54, 1.807) is 22.0 Å². The minimum atomic E-state index is -0.157. The molecule has 30 heavy (non-hydrogen) atoms. The summed E-state index contributed by atoms with van der Waals surface area (Å²) >= 11 is 0. The van der Waals surface area contributed by atoms with E-state index in [-0.39, 0.29) is 11.6 Å². The molecule has 0 saturated carbocycles. The van der Waals surface area contributed by atoms with Gasteiger partial charge in [0.05, 0.1) is 28.5 Å². The molecule has 0 radical (unpaired) electrons. The summed E-state index contributed by atoms with van der Waals surface area (Å²) in [5.74, 6) is 0.640. The molecule has 1 fully saturated rings. The lowest BCUT2D eigenvalue weighted by Crippen LogP contribution is -2.50. The summed E-state index contributed by atoms with van der Waals surface area (Å²) in [6.07, 6.45) is 1.61. The Morgan fingerprint density at radius 1 is 1.00 bits per heavy atom. The van der Waals surface area contributed by atoms with Crippen LogP contribution >= 0.6 is 0 Å². The Labute approximate surface area is 171 Å². The van der Waals surface area contributed by atoms with Crippen molar-refractivity contribution in [2.75, 3.05) is 31.6 Å². The minimum Gasteiger partial charge on any atom is -0.321 e. The van der Waals surface area contributed by atoms with Gasteiger partial charge in [-0.3, -0.25) is 9.69 Å². The molecule has 5 rings (SSSR count). The number of rotatable bonds is 3. The zero-order valence-electron chi connectivity index (χ0n) is 16.3. The van der Waals surface area contributed by atoms with Crippen molar-refractivity contribution in [3.05, 3.63) is 71.0 Å². The second kappa shape index (κ2) is 7.60. The molecule has 2 N–H and O–H groups in total. The van der Waals surface area contributed by atoms with Gasteiger partial charge >= 0.3 is 6.03 Å². The number of aromatic nitrogens is 4. The molecule has 0 atom stereocenters. The lowest BCUT2D eigenvalue weighted by molar-refractivity contribution is 0.139. The molecule has 1 saturated heterocycles. The number of nitrogens with one attached hydrogen (secondary N) is 2. The molecule has 0 unspecified atom stereocenters. The Morgan fingerprint density at radius 2 is 1.73 bits per heavy atom.